The average molecular weight is 617 g/mol. The SMILES string of the molecule is C=C(C)[C@@H](CC=C(C)C)C[C@@]12C[C@@H](CC=C(C)C)C(C)(C)[C@@](CC=C(C)C)(C(=O)/C(=C(/O)c3ccc(O)c(OC)c3)C1=O)C2=O. The van der Waals surface area contributed by atoms with Gasteiger partial charge in [0.1, 0.15) is 16.7 Å². The Hall–Kier alpha value is -3.67. The minimum absolute atomic E-state index is 0.0896. The fourth-order valence-electron chi connectivity index (χ4n) is 7.24. The van der Waals surface area contributed by atoms with Crippen molar-refractivity contribution < 1.29 is 29.3 Å². The Balaban J connectivity index is 2.47. The van der Waals surface area contributed by atoms with Gasteiger partial charge in [0.15, 0.2) is 28.8 Å². The van der Waals surface area contributed by atoms with Crippen molar-refractivity contribution in [3.63, 3.8) is 0 Å². The molecule has 0 saturated heterocycles. The van der Waals surface area contributed by atoms with E-state index >= 15 is 4.79 Å². The quantitative estimate of drug-likeness (QED) is 0.0846. The first-order valence-corrected chi connectivity index (χ1v) is 15.9. The van der Waals surface area contributed by atoms with Crippen LogP contribution in [0.1, 0.15) is 100.0 Å². The van der Waals surface area contributed by atoms with Crippen LogP contribution in [0.25, 0.3) is 5.76 Å². The predicted molar refractivity (Wildman–Crippen MR) is 181 cm³/mol. The van der Waals surface area contributed by atoms with Gasteiger partial charge >= 0.3 is 0 Å². The molecule has 2 bridgehead atoms. The van der Waals surface area contributed by atoms with Crippen LogP contribution >= 0.6 is 0 Å². The molecule has 6 heteroatoms. The van der Waals surface area contributed by atoms with Crippen molar-refractivity contribution in [2.24, 2.45) is 28.1 Å². The van der Waals surface area contributed by atoms with E-state index in [2.05, 4.69) is 18.7 Å². The second-order valence-electron chi connectivity index (χ2n) is 14.5. The summed E-state index contributed by atoms with van der Waals surface area (Å²) in [6.45, 7) is 22.0. The van der Waals surface area contributed by atoms with E-state index in [0.29, 0.717) is 12.8 Å². The molecule has 0 radical (unpaired) electrons. The lowest BCUT2D eigenvalue weighted by Crippen LogP contribution is -2.69. The Labute approximate surface area is 269 Å². The molecule has 2 fully saturated rings. The molecule has 45 heavy (non-hydrogen) atoms. The molecule has 0 amide bonds. The van der Waals surface area contributed by atoms with Gasteiger partial charge in [-0.25, -0.2) is 0 Å². The zero-order chi connectivity index (χ0) is 34.1. The highest BCUT2D eigenvalue weighted by molar-refractivity contribution is 6.41. The molecule has 1 aromatic rings. The lowest BCUT2D eigenvalue weighted by Gasteiger charge is -2.60. The third-order valence-electron chi connectivity index (χ3n) is 10.2. The zero-order valence-corrected chi connectivity index (χ0v) is 28.9. The Morgan fingerprint density at radius 1 is 0.978 bits per heavy atom. The molecular formula is C39H52O6. The van der Waals surface area contributed by atoms with Crippen LogP contribution in [0.4, 0.5) is 0 Å². The van der Waals surface area contributed by atoms with Gasteiger partial charge in [-0.3, -0.25) is 14.4 Å². The normalized spacial score (nSPS) is 25.6. The van der Waals surface area contributed by atoms with Crippen LogP contribution in [0.15, 0.2) is 70.9 Å². The number of aliphatic hydroxyl groups excluding tert-OH is 1. The number of fused-ring (bicyclic) bond motifs is 2. The number of ether oxygens (including phenoxy) is 1. The first-order chi connectivity index (χ1) is 20.9. The third-order valence-corrected chi connectivity index (χ3v) is 10.2. The number of benzene rings is 1. The monoisotopic (exact) mass is 616 g/mol. The number of hydrogen-bond donors (Lipinski definition) is 2. The fraction of sp³-hybridized carbons (Fsp3) is 0.513. The van der Waals surface area contributed by atoms with Crippen molar-refractivity contribution in [2.45, 2.75) is 94.4 Å². The predicted octanol–water partition coefficient (Wildman–Crippen LogP) is 9.06. The van der Waals surface area contributed by atoms with Gasteiger partial charge in [0.05, 0.1) is 12.5 Å². The molecule has 2 N–H and O–H groups in total. The summed E-state index contributed by atoms with van der Waals surface area (Å²) in [5.41, 5.74) is -0.102. The van der Waals surface area contributed by atoms with E-state index in [0.717, 1.165) is 22.3 Å². The molecule has 0 aliphatic heterocycles. The molecule has 4 atom stereocenters. The number of phenolic OH excluding ortho intramolecular Hbond substituents is 1. The number of Topliss-reactive ketones (excluding diaryl/α,β-unsaturated/α-hetero) is 3. The number of aliphatic hydroxyl groups is 1. The van der Waals surface area contributed by atoms with E-state index in [1.54, 1.807) is 0 Å². The highest BCUT2D eigenvalue weighted by atomic mass is 16.5. The Bertz CT molecular complexity index is 1500. The molecule has 1 aromatic carbocycles. The number of carbonyl (C=O) groups excluding carboxylic acids is 3. The summed E-state index contributed by atoms with van der Waals surface area (Å²) in [4.78, 5) is 45.2. The second-order valence-corrected chi connectivity index (χ2v) is 14.5. The van der Waals surface area contributed by atoms with Gasteiger partial charge in [-0.15, -0.1) is 0 Å². The van der Waals surface area contributed by atoms with Crippen LogP contribution in [-0.4, -0.2) is 34.7 Å². The summed E-state index contributed by atoms with van der Waals surface area (Å²) >= 11 is 0. The molecule has 0 spiro atoms. The first kappa shape index (κ1) is 35.8. The second kappa shape index (κ2) is 13.4. The third kappa shape index (κ3) is 6.39. The van der Waals surface area contributed by atoms with Crippen molar-refractivity contribution in [3.8, 4) is 11.5 Å². The summed E-state index contributed by atoms with van der Waals surface area (Å²) in [7, 11) is 1.38. The number of ketones is 3. The summed E-state index contributed by atoms with van der Waals surface area (Å²) < 4.78 is 5.26. The van der Waals surface area contributed by atoms with Gasteiger partial charge in [-0.05, 0) is 116 Å². The van der Waals surface area contributed by atoms with E-state index < -0.39 is 33.6 Å². The van der Waals surface area contributed by atoms with E-state index in [1.165, 1.54) is 25.3 Å². The van der Waals surface area contributed by atoms with Gasteiger partial charge in [0.25, 0.3) is 0 Å². The Morgan fingerprint density at radius 2 is 1.58 bits per heavy atom. The fourth-order valence-corrected chi connectivity index (χ4v) is 7.24. The standard InChI is InChI=1S/C39H52O6/c1-23(2)12-14-28(26(7)8)21-38-22-29(16-13-24(3)4)37(9,10)39(36(38)44,19-18-25(5)6)35(43)32(34(38)42)33(41)27-15-17-30(40)31(20-27)45-11/h12-13,15,17-18,20,28-29,40-41H,7,14,16,19,21-22H2,1-6,8-11H3/b33-32+/t28-,29+,38+,39-/m0/s1. The summed E-state index contributed by atoms with van der Waals surface area (Å²) in [5.74, 6) is -2.52. The van der Waals surface area contributed by atoms with Crippen LogP contribution in [0, 0.1) is 28.1 Å². The van der Waals surface area contributed by atoms with Gasteiger partial charge in [-0.2, -0.15) is 0 Å². The van der Waals surface area contributed by atoms with E-state index in [4.69, 9.17) is 4.74 Å². The lowest BCUT2D eigenvalue weighted by molar-refractivity contribution is -0.177. The summed E-state index contributed by atoms with van der Waals surface area (Å²) in [6, 6.07) is 4.18. The van der Waals surface area contributed by atoms with Crippen LogP contribution in [-0.2, 0) is 14.4 Å². The smallest absolute Gasteiger partial charge is 0.184 e. The number of methoxy groups -OCH3 is 1. The Kier molecular flexibility index (Phi) is 10.6. The van der Waals surface area contributed by atoms with Crippen LogP contribution < -0.4 is 4.74 Å². The first-order valence-electron chi connectivity index (χ1n) is 15.9. The molecule has 244 valence electrons. The zero-order valence-electron chi connectivity index (χ0n) is 28.9. The minimum Gasteiger partial charge on any atom is -0.506 e. The van der Waals surface area contributed by atoms with Crippen LogP contribution in [0.2, 0.25) is 0 Å². The van der Waals surface area contributed by atoms with Crippen LogP contribution in [0.5, 0.6) is 11.5 Å². The Morgan fingerprint density at radius 3 is 2.11 bits per heavy atom. The molecule has 6 nitrogen and oxygen atoms in total. The van der Waals surface area contributed by atoms with Gasteiger partial charge in [0, 0.05) is 5.56 Å². The molecule has 0 aromatic heterocycles. The lowest BCUT2D eigenvalue weighted by atomic mass is 9.38. The van der Waals surface area contributed by atoms with Gasteiger partial charge in [0.2, 0.25) is 0 Å². The van der Waals surface area contributed by atoms with E-state index in [1.807, 2.05) is 68.4 Å². The highest BCUT2D eigenvalue weighted by Gasteiger charge is 2.74. The molecule has 0 heterocycles. The number of rotatable bonds is 11. The molecule has 2 saturated carbocycles. The van der Waals surface area contributed by atoms with Gasteiger partial charge < -0.3 is 14.9 Å². The number of allylic oxidation sites excluding steroid dienone is 8. The number of aromatic hydroxyl groups is 1. The minimum atomic E-state index is -1.59. The van der Waals surface area contributed by atoms with Crippen molar-refractivity contribution in [1.29, 1.82) is 0 Å². The van der Waals surface area contributed by atoms with Gasteiger partial charge in [-0.1, -0.05) is 60.9 Å². The molecule has 2 aliphatic carbocycles. The van der Waals surface area contributed by atoms with E-state index in [9.17, 15) is 19.8 Å². The number of phenols is 1. The number of carbonyl (C=O) groups is 3. The summed E-state index contributed by atoms with van der Waals surface area (Å²) in [5, 5.41) is 22.0. The van der Waals surface area contributed by atoms with E-state index in [-0.39, 0.29) is 59.5 Å². The number of hydrogen-bond acceptors (Lipinski definition) is 6. The summed E-state index contributed by atoms with van der Waals surface area (Å²) in [6.07, 6.45) is 7.96. The molecule has 2 aliphatic rings. The van der Waals surface area contributed by atoms with Crippen molar-refractivity contribution in [1.82, 2.24) is 0 Å². The van der Waals surface area contributed by atoms with Crippen LogP contribution in [0.3, 0.4) is 0 Å². The molecule has 0 unspecified atom stereocenters. The van der Waals surface area contributed by atoms with Crippen molar-refractivity contribution in [2.75, 3.05) is 7.11 Å². The average Bonchev–Trinajstić information content (AvgIpc) is 2.94. The maximum atomic E-state index is 15.2. The molecular weight excluding hydrogens is 564 g/mol. The maximum absolute atomic E-state index is 15.2. The maximum Gasteiger partial charge on any atom is 0.184 e. The largest absolute Gasteiger partial charge is 0.506 e. The highest BCUT2D eigenvalue weighted by Crippen LogP contribution is 2.66. The topological polar surface area (TPSA) is 101 Å². The molecule has 3 rings (SSSR count). The van der Waals surface area contributed by atoms with Crippen molar-refractivity contribution >= 4 is 23.1 Å². The van der Waals surface area contributed by atoms with Crippen molar-refractivity contribution in [3.05, 3.63) is 76.4 Å².